The second kappa shape index (κ2) is 10.1. The van der Waals surface area contributed by atoms with Gasteiger partial charge in [0.25, 0.3) is 5.91 Å². The number of rotatable bonds is 8. The van der Waals surface area contributed by atoms with E-state index in [2.05, 4.69) is 48.2 Å². The van der Waals surface area contributed by atoms with Crippen LogP contribution in [0.4, 0.5) is 0 Å². The zero-order valence-corrected chi connectivity index (χ0v) is 20.3. The van der Waals surface area contributed by atoms with Gasteiger partial charge < -0.3 is 9.47 Å². The Hall–Kier alpha value is -2.57. The number of hydroxylamine groups is 2. The van der Waals surface area contributed by atoms with Gasteiger partial charge in [-0.2, -0.15) is 0 Å². The molecule has 178 valence electrons. The third-order valence-corrected chi connectivity index (χ3v) is 7.25. The Morgan fingerprint density at radius 3 is 2.48 bits per heavy atom. The van der Waals surface area contributed by atoms with Gasteiger partial charge in [0.2, 0.25) is 0 Å². The Morgan fingerprint density at radius 2 is 1.82 bits per heavy atom. The highest BCUT2D eigenvalue weighted by Crippen LogP contribution is 2.46. The lowest BCUT2D eigenvalue weighted by Crippen LogP contribution is -2.44. The van der Waals surface area contributed by atoms with Crippen LogP contribution in [0.2, 0.25) is 0 Å². The number of hydrogen-bond acceptors (Lipinski definition) is 5. The SMILES string of the molecule is COc1ccc(C2CN(Cc3ccccc3)CC2(C)C(=O)N(C)OC)cc1OC1CCCC1. The van der Waals surface area contributed by atoms with E-state index in [0.29, 0.717) is 6.54 Å². The Kier molecular flexibility index (Phi) is 7.25. The van der Waals surface area contributed by atoms with Crippen LogP contribution in [0.3, 0.4) is 0 Å². The zero-order chi connectivity index (χ0) is 23.4. The highest BCUT2D eigenvalue weighted by molar-refractivity contribution is 5.83. The molecule has 2 unspecified atom stereocenters. The molecule has 0 spiro atoms. The van der Waals surface area contributed by atoms with E-state index in [4.69, 9.17) is 14.3 Å². The fraction of sp³-hybridized carbons (Fsp3) is 0.519. The minimum atomic E-state index is -0.626. The third-order valence-electron chi connectivity index (χ3n) is 7.25. The lowest BCUT2D eigenvalue weighted by molar-refractivity contribution is -0.179. The van der Waals surface area contributed by atoms with Gasteiger partial charge in [0.05, 0.1) is 25.7 Å². The molecule has 0 radical (unpaired) electrons. The summed E-state index contributed by atoms with van der Waals surface area (Å²) in [5, 5.41) is 1.36. The average molecular weight is 453 g/mol. The first-order chi connectivity index (χ1) is 15.9. The minimum Gasteiger partial charge on any atom is -0.493 e. The number of ether oxygens (including phenoxy) is 2. The number of benzene rings is 2. The molecule has 1 heterocycles. The van der Waals surface area contributed by atoms with Gasteiger partial charge in [-0.05, 0) is 55.9 Å². The van der Waals surface area contributed by atoms with Crippen molar-refractivity contribution in [1.29, 1.82) is 0 Å². The molecule has 2 aromatic carbocycles. The van der Waals surface area contributed by atoms with Gasteiger partial charge in [-0.1, -0.05) is 36.4 Å². The Morgan fingerprint density at radius 1 is 1.09 bits per heavy atom. The van der Waals surface area contributed by atoms with E-state index in [1.54, 1.807) is 14.2 Å². The van der Waals surface area contributed by atoms with Gasteiger partial charge in [-0.3, -0.25) is 14.5 Å². The molecule has 1 saturated heterocycles. The molecule has 2 aliphatic rings. The molecule has 33 heavy (non-hydrogen) atoms. The maximum absolute atomic E-state index is 13.5. The summed E-state index contributed by atoms with van der Waals surface area (Å²) in [7, 11) is 4.90. The van der Waals surface area contributed by atoms with Gasteiger partial charge in [0, 0.05) is 32.6 Å². The topological polar surface area (TPSA) is 51.2 Å². The maximum Gasteiger partial charge on any atom is 0.253 e. The molecule has 1 saturated carbocycles. The van der Waals surface area contributed by atoms with Crippen LogP contribution in [0, 0.1) is 5.41 Å². The molecule has 6 nitrogen and oxygen atoms in total. The van der Waals surface area contributed by atoms with Gasteiger partial charge in [-0.25, -0.2) is 5.06 Å². The summed E-state index contributed by atoms with van der Waals surface area (Å²) in [6.07, 6.45) is 4.81. The van der Waals surface area contributed by atoms with E-state index < -0.39 is 5.41 Å². The van der Waals surface area contributed by atoms with Crippen molar-refractivity contribution >= 4 is 5.91 Å². The molecule has 6 heteroatoms. The van der Waals surface area contributed by atoms with E-state index in [0.717, 1.165) is 43.0 Å². The van der Waals surface area contributed by atoms with E-state index >= 15 is 0 Å². The van der Waals surface area contributed by atoms with Crippen molar-refractivity contribution in [3.8, 4) is 11.5 Å². The van der Waals surface area contributed by atoms with Crippen LogP contribution in [0.5, 0.6) is 11.5 Å². The number of methoxy groups -OCH3 is 1. The number of hydrogen-bond donors (Lipinski definition) is 0. The summed E-state index contributed by atoms with van der Waals surface area (Å²) in [5.74, 6) is 1.51. The largest absolute Gasteiger partial charge is 0.493 e. The van der Waals surface area contributed by atoms with Crippen LogP contribution in [0.25, 0.3) is 0 Å². The first-order valence-corrected chi connectivity index (χ1v) is 11.9. The second-order valence-electron chi connectivity index (χ2n) is 9.55. The lowest BCUT2D eigenvalue weighted by Gasteiger charge is -2.33. The summed E-state index contributed by atoms with van der Waals surface area (Å²) in [6, 6.07) is 16.6. The highest BCUT2D eigenvalue weighted by atomic mass is 16.7. The quantitative estimate of drug-likeness (QED) is 0.546. The van der Waals surface area contributed by atoms with Crippen molar-refractivity contribution in [1.82, 2.24) is 9.96 Å². The Balaban J connectivity index is 1.65. The van der Waals surface area contributed by atoms with Gasteiger partial charge in [0.1, 0.15) is 0 Å². The van der Waals surface area contributed by atoms with Crippen LogP contribution < -0.4 is 9.47 Å². The van der Waals surface area contributed by atoms with E-state index in [1.165, 1.54) is 30.6 Å². The second-order valence-corrected chi connectivity index (χ2v) is 9.55. The van der Waals surface area contributed by atoms with Crippen molar-refractivity contribution < 1.29 is 19.1 Å². The normalized spacial score (nSPS) is 23.6. The number of carbonyl (C=O) groups excluding carboxylic acids is 1. The predicted octanol–water partition coefficient (Wildman–Crippen LogP) is 4.64. The molecule has 0 N–H and O–H groups in total. The Labute approximate surface area is 197 Å². The van der Waals surface area contributed by atoms with Crippen LogP contribution in [-0.2, 0) is 16.2 Å². The molecule has 1 aliphatic heterocycles. The molecule has 1 amide bonds. The maximum atomic E-state index is 13.5. The van der Waals surface area contributed by atoms with E-state index in [9.17, 15) is 4.79 Å². The molecular formula is C27H36N2O4. The first-order valence-electron chi connectivity index (χ1n) is 11.9. The van der Waals surface area contributed by atoms with Gasteiger partial charge in [0.15, 0.2) is 11.5 Å². The average Bonchev–Trinajstić information content (AvgIpc) is 3.46. The molecule has 2 atom stereocenters. The summed E-state index contributed by atoms with van der Waals surface area (Å²) >= 11 is 0. The van der Waals surface area contributed by atoms with Crippen molar-refractivity contribution in [3.05, 3.63) is 59.7 Å². The third kappa shape index (κ3) is 5.02. The summed E-state index contributed by atoms with van der Waals surface area (Å²) in [4.78, 5) is 21.1. The summed E-state index contributed by atoms with van der Waals surface area (Å²) in [6.45, 7) is 4.30. The minimum absolute atomic E-state index is 0.00291. The molecule has 2 fully saturated rings. The molecule has 1 aliphatic carbocycles. The fourth-order valence-corrected chi connectivity index (χ4v) is 5.38. The predicted molar refractivity (Wildman–Crippen MR) is 128 cm³/mol. The summed E-state index contributed by atoms with van der Waals surface area (Å²) < 4.78 is 12.0. The first kappa shape index (κ1) is 23.6. The number of likely N-dealkylation sites (tertiary alicyclic amines) is 1. The van der Waals surface area contributed by atoms with E-state index in [1.807, 2.05) is 12.1 Å². The molecular weight excluding hydrogens is 416 g/mol. The summed E-state index contributed by atoms with van der Waals surface area (Å²) in [5.41, 5.74) is 1.71. The van der Waals surface area contributed by atoms with E-state index in [-0.39, 0.29) is 17.9 Å². The van der Waals surface area contributed by atoms with Gasteiger partial charge in [-0.15, -0.1) is 0 Å². The van der Waals surface area contributed by atoms with Crippen molar-refractivity contribution in [2.24, 2.45) is 5.41 Å². The van der Waals surface area contributed by atoms with Crippen LogP contribution in [0.15, 0.2) is 48.5 Å². The standard InChI is InChI=1S/C27H36N2O4/c1-27(26(30)28(2)32-4)19-29(17-20-10-6-5-7-11-20)18-23(27)21-14-15-24(31-3)25(16-21)33-22-12-8-9-13-22/h5-7,10-11,14-16,22-23H,8-9,12-13,17-19H2,1-4H3. The highest BCUT2D eigenvalue weighted by Gasteiger charge is 2.50. The molecule has 0 aromatic heterocycles. The fourth-order valence-electron chi connectivity index (χ4n) is 5.38. The van der Waals surface area contributed by atoms with Crippen LogP contribution in [-0.4, -0.2) is 56.3 Å². The number of nitrogens with zero attached hydrogens (tertiary/aromatic N) is 2. The zero-order valence-electron chi connectivity index (χ0n) is 20.3. The monoisotopic (exact) mass is 452 g/mol. The number of carbonyl (C=O) groups is 1. The molecule has 0 bridgehead atoms. The lowest BCUT2D eigenvalue weighted by atomic mass is 9.75. The van der Waals surface area contributed by atoms with Crippen molar-refractivity contribution in [2.45, 2.75) is 51.2 Å². The molecule has 2 aromatic rings. The Bertz CT molecular complexity index is 944. The number of amides is 1. The van der Waals surface area contributed by atoms with Crippen LogP contribution in [0.1, 0.15) is 49.7 Å². The van der Waals surface area contributed by atoms with Gasteiger partial charge >= 0.3 is 0 Å². The smallest absolute Gasteiger partial charge is 0.253 e. The van der Waals surface area contributed by atoms with Crippen LogP contribution >= 0.6 is 0 Å². The van der Waals surface area contributed by atoms with Crippen molar-refractivity contribution in [3.63, 3.8) is 0 Å². The molecule has 4 rings (SSSR count). The van der Waals surface area contributed by atoms with Crippen molar-refractivity contribution in [2.75, 3.05) is 34.4 Å².